The third kappa shape index (κ3) is 3.42. The van der Waals surface area contributed by atoms with Gasteiger partial charge in [-0.05, 0) is 6.07 Å². The van der Waals surface area contributed by atoms with Gasteiger partial charge in [0.05, 0.1) is 18.6 Å². The molecule has 0 radical (unpaired) electrons. The van der Waals surface area contributed by atoms with Crippen LogP contribution in [-0.2, 0) is 4.79 Å². The van der Waals surface area contributed by atoms with Crippen molar-refractivity contribution in [2.24, 2.45) is 5.73 Å². The molecule has 20 heavy (non-hydrogen) atoms. The number of rotatable bonds is 6. The predicted octanol–water partition coefficient (Wildman–Crippen LogP) is -0.821. The molecule has 1 unspecified atom stereocenters. The zero-order chi connectivity index (χ0) is 15.3. The fraction of sp³-hybridized carbons (Fsp3) is 0.273. The largest absolute Gasteiger partial charge is 0.496 e. The summed E-state index contributed by atoms with van der Waals surface area (Å²) < 4.78 is 4.89. The van der Waals surface area contributed by atoms with Gasteiger partial charge in [0, 0.05) is 6.07 Å². The highest BCUT2D eigenvalue weighted by Crippen LogP contribution is 2.27. The maximum atomic E-state index is 11.9. The first-order valence-electron chi connectivity index (χ1n) is 5.45. The van der Waals surface area contributed by atoms with E-state index in [1.54, 1.807) is 0 Å². The van der Waals surface area contributed by atoms with E-state index in [0.29, 0.717) is 0 Å². The summed E-state index contributed by atoms with van der Waals surface area (Å²) in [5.41, 5.74) is 4.08. The Morgan fingerprint density at radius 2 is 2.20 bits per heavy atom. The van der Waals surface area contributed by atoms with Crippen LogP contribution in [0, 0.1) is 10.1 Å². The molecule has 1 rings (SSSR count). The normalized spacial score (nSPS) is 11.5. The Balaban J connectivity index is 3.02. The minimum absolute atomic E-state index is 0.00487. The second-order valence-corrected chi connectivity index (χ2v) is 3.74. The van der Waals surface area contributed by atoms with Crippen LogP contribution in [0.3, 0.4) is 0 Å². The van der Waals surface area contributed by atoms with Gasteiger partial charge in [0.25, 0.3) is 11.6 Å². The molecule has 2 amide bonds. The van der Waals surface area contributed by atoms with Crippen molar-refractivity contribution in [1.82, 2.24) is 5.32 Å². The van der Waals surface area contributed by atoms with Gasteiger partial charge < -0.3 is 20.9 Å². The Hall–Kier alpha value is -2.68. The third-order valence-corrected chi connectivity index (χ3v) is 2.43. The summed E-state index contributed by atoms with van der Waals surface area (Å²) in [5, 5.41) is 22.2. The number of nitrogens with two attached hydrogens (primary N) is 1. The number of aliphatic hydroxyl groups is 1. The maximum absolute atomic E-state index is 11.9. The Labute approximate surface area is 113 Å². The Morgan fingerprint density at radius 1 is 1.55 bits per heavy atom. The second kappa shape index (κ2) is 6.48. The Bertz CT molecular complexity index is 545. The lowest BCUT2D eigenvalue weighted by Gasteiger charge is -2.11. The van der Waals surface area contributed by atoms with Crippen LogP contribution in [-0.4, -0.2) is 41.6 Å². The summed E-state index contributed by atoms with van der Waals surface area (Å²) in [7, 11) is 1.26. The lowest BCUT2D eigenvalue weighted by atomic mass is 10.1. The number of nitro groups is 1. The number of nitrogens with one attached hydrogen (secondary N) is 1. The second-order valence-electron chi connectivity index (χ2n) is 3.74. The molecule has 0 spiro atoms. The number of hydrogen-bond acceptors (Lipinski definition) is 6. The monoisotopic (exact) mass is 283 g/mol. The SMILES string of the molecule is COc1cccc([N+](=O)[O-])c1C(=O)NCC(O)C(N)=O. The number of carbonyl (C=O) groups is 2. The summed E-state index contributed by atoms with van der Waals surface area (Å²) >= 11 is 0. The van der Waals surface area contributed by atoms with Crippen LogP contribution >= 0.6 is 0 Å². The minimum Gasteiger partial charge on any atom is -0.496 e. The van der Waals surface area contributed by atoms with E-state index < -0.39 is 35.1 Å². The van der Waals surface area contributed by atoms with Gasteiger partial charge in [-0.15, -0.1) is 0 Å². The van der Waals surface area contributed by atoms with Crippen LogP contribution in [0.1, 0.15) is 10.4 Å². The van der Waals surface area contributed by atoms with Crippen molar-refractivity contribution in [3.8, 4) is 5.75 Å². The lowest BCUT2D eigenvalue weighted by Crippen LogP contribution is -2.40. The van der Waals surface area contributed by atoms with Gasteiger partial charge >= 0.3 is 0 Å². The third-order valence-electron chi connectivity index (χ3n) is 2.43. The highest BCUT2D eigenvalue weighted by atomic mass is 16.6. The number of ether oxygens (including phenoxy) is 1. The average Bonchev–Trinajstić information content (AvgIpc) is 2.42. The average molecular weight is 283 g/mol. The van der Waals surface area contributed by atoms with E-state index >= 15 is 0 Å². The van der Waals surface area contributed by atoms with Crippen molar-refractivity contribution in [1.29, 1.82) is 0 Å². The molecule has 0 heterocycles. The van der Waals surface area contributed by atoms with E-state index in [2.05, 4.69) is 5.32 Å². The van der Waals surface area contributed by atoms with Crippen molar-refractivity contribution in [3.63, 3.8) is 0 Å². The molecule has 0 aromatic heterocycles. The number of aliphatic hydroxyl groups excluding tert-OH is 1. The molecular formula is C11H13N3O6. The number of nitrogens with zero attached hydrogens (tertiary/aromatic N) is 1. The molecule has 1 aromatic rings. The van der Waals surface area contributed by atoms with Crippen LogP contribution in [0.2, 0.25) is 0 Å². The fourth-order valence-corrected chi connectivity index (χ4v) is 1.45. The van der Waals surface area contributed by atoms with Gasteiger partial charge in [-0.2, -0.15) is 0 Å². The fourth-order valence-electron chi connectivity index (χ4n) is 1.45. The van der Waals surface area contributed by atoms with Gasteiger partial charge in [0.15, 0.2) is 5.56 Å². The van der Waals surface area contributed by atoms with Crippen LogP contribution < -0.4 is 15.8 Å². The smallest absolute Gasteiger partial charge is 0.285 e. The molecule has 108 valence electrons. The van der Waals surface area contributed by atoms with Gasteiger partial charge in [-0.25, -0.2) is 0 Å². The van der Waals surface area contributed by atoms with Crippen molar-refractivity contribution in [2.75, 3.05) is 13.7 Å². The van der Waals surface area contributed by atoms with Gasteiger partial charge in [-0.3, -0.25) is 19.7 Å². The van der Waals surface area contributed by atoms with E-state index in [9.17, 15) is 24.8 Å². The summed E-state index contributed by atoms with van der Waals surface area (Å²) in [6.07, 6.45) is -1.58. The molecule has 9 nitrogen and oxygen atoms in total. The van der Waals surface area contributed by atoms with Crippen LogP contribution in [0.25, 0.3) is 0 Å². The molecule has 4 N–H and O–H groups in total. The number of benzene rings is 1. The number of nitro benzene ring substituents is 1. The first-order valence-corrected chi connectivity index (χ1v) is 5.45. The van der Waals surface area contributed by atoms with Gasteiger partial charge in [0.1, 0.15) is 11.9 Å². The highest BCUT2D eigenvalue weighted by Gasteiger charge is 2.25. The van der Waals surface area contributed by atoms with E-state index in [-0.39, 0.29) is 11.3 Å². The van der Waals surface area contributed by atoms with E-state index in [1.165, 1.54) is 19.2 Å². The molecular weight excluding hydrogens is 270 g/mol. The van der Waals surface area contributed by atoms with Crippen LogP contribution in [0.5, 0.6) is 5.75 Å². The first kappa shape index (κ1) is 15.4. The van der Waals surface area contributed by atoms with E-state index in [4.69, 9.17) is 10.5 Å². The topological polar surface area (TPSA) is 145 Å². The zero-order valence-corrected chi connectivity index (χ0v) is 10.5. The van der Waals surface area contributed by atoms with Crippen molar-refractivity contribution >= 4 is 17.5 Å². The molecule has 1 atom stereocenters. The maximum Gasteiger partial charge on any atom is 0.285 e. The van der Waals surface area contributed by atoms with Crippen LogP contribution in [0.15, 0.2) is 18.2 Å². The van der Waals surface area contributed by atoms with Crippen molar-refractivity contribution in [3.05, 3.63) is 33.9 Å². The summed E-state index contributed by atoms with van der Waals surface area (Å²) in [6, 6.07) is 3.89. The molecule has 0 aliphatic carbocycles. The zero-order valence-electron chi connectivity index (χ0n) is 10.5. The first-order chi connectivity index (χ1) is 9.38. The molecule has 1 aromatic carbocycles. The van der Waals surface area contributed by atoms with Gasteiger partial charge in [-0.1, -0.05) is 6.07 Å². The minimum atomic E-state index is -1.58. The van der Waals surface area contributed by atoms with Crippen molar-refractivity contribution < 1.29 is 24.4 Å². The summed E-state index contributed by atoms with van der Waals surface area (Å²) in [5.74, 6) is -1.86. The quantitative estimate of drug-likeness (QED) is 0.459. The predicted molar refractivity (Wildman–Crippen MR) is 67.2 cm³/mol. The van der Waals surface area contributed by atoms with E-state index in [0.717, 1.165) is 6.07 Å². The molecule has 0 saturated heterocycles. The number of primary amides is 1. The molecule has 0 aliphatic heterocycles. The lowest BCUT2D eigenvalue weighted by molar-refractivity contribution is -0.385. The molecule has 0 fully saturated rings. The summed E-state index contributed by atoms with van der Waals surface area (Å²) in [4.78, 5) is 32.7. The van der Waals surface area contributed by atoms with Gasteiger partial charge in [0.2, 0.25) is 5.91 Å². The standard InChI is InChI=1S/C11H13N3O6/c1-20-8-4-2-3-6(14(18)19)9(8)11(17)13-5-7(15)10(12)16/h2-4,7,15H,5H2,1H3,(H2,12,16)(H,13,17). The Morgan fingerprint density at radius 3 is 2.70 bits per heavy atom. The van der Waals surface area contributed by atoms with E-state index in [1.807, 2.05) is 0 Å². The van der Waals surface area contributed by atoms with Crippen LogP contribution in [0.4, 0.5) is 5.69 Å². The summed E-state index contributed by atoms with van der Waals surface area (Å²) in [6.45, 7) is -0.455. The Kier molecular flexibility index (Phi) is 4.98. The molecule has 0 aliphatic rings. The number of amides is 2. The molecule has 0 bridgehead atoms. The number of carbonyl (C=O) groups excluding carboxylic acids is 2. The van der Waals surface area contributed by atoms with Crippen molar-refractivity contribution in [2.45, 2.75) is 6.10 Å². The number of hydrogen-bond donors (Lipinski definition) is 3. The number of methoxy groups -OCH3 is 1. The molecule has 9 heteroatoms. The highest BCUT2D eigenvalue weighted by molar-refractivity contribution is 6.01. The molecule has 0 saturated carbocycles.